The van der Waals surface area contributed by atoms with Crippen molar-refractivity contribution in [3.63, 3.8) is 0 Å². The molecule has 3 N–H and O–H groups in total. The summed E-state index contributed by atoms with van der Waals surface area (Å²) in [6.45, 7) is 1.78. The van der Waals surface area contributed by atoms with Crippen molar-refractivity contribution in [3.8, 4) is 11.4 Å². The first-order chi connectivity index (χ1) is 15.7. The maximum absolute atomic E-state index is 13.1. The summed E-state index contributed by atoms with van der Waals surface area (Å²) in [6, 6.07) is 15.6. The maximum Gasteiger partial charge on any atom is 0.263 e. The van der Waals surface area contributed by atoms with Crippen molar-refractivity contribution in [3.05, 3.63) is 89.0 Å². The molecule has 0 atom stereocenters. The predicted octanol–water partition coefficient (Wildman–Crippen LogP) is 4.63. The highest BCUT2D eigenvalue weighted by Crippen LogP contribution is 2.26. The van der Waals surface area contributed by atoms with E-state index in [4.69, 9.17) is 11.6 Å². The van der Waals surface area contributed by atoms with E-state index >= 15 is 0 Å². The van der Waals surface area contributed by atoms with Crippen molar-refractivity contribution >= 4 is 38.9 Å². The average Bonchev–Trinajstić information content (AvgIpc) is 3.22. The van der Waals surface area contributed by atoms with Crippen LogP contribution in [0.15, 0.2) is 71.6 Å². The summed E-state index contributed by atoms with van der Waals surface area (Å²) in [5.41, 5.74) is 1.41. The molecule has 1 aromatic heterocycles. The molecule has 168 valence electrons. The second-order valence-corrected chi connectivity index (χ2v) is 9.09. The smallest absolute Gasteiger partial charge is 0.263 e. The Hall–Kier alpha value is -3.76. The number of anilines is 2. The third kappa shape index (κ3) is 5.18. The van der Waals surface area contributed by atoms with Gasteiger partial charge in [-0.25, -0.2) is 17.8 Å². The molecule has 0 saturated carbocycles. The number of halogens is 2. The Morgan fingerprint density at radius 1 is 1.03 bits per heavy atom. The van der Waals surface area contributed by atoms with E-state index in [0.29, 0.717) is 22.9 Å². The second kappa shape index (κ2) is 9.00. The van der Waals surface area contributed by atoms with Crippen LogP contribution >= 0.6 is 11.6 Å². The van der Waals surface area contributed by atoms with Gasteiger partial charge in [-0.2, -0.15) is 5.10 Å². The van der Waals surface area contributed by atoms with Gasteiger partial charge in [-0.1, -0.05) is 23.7 Å². The summed E-state index contributed by atoms with van der Waals surface area (Å²) in [4.78, 5) is 16.8. The maximum atomic E-state index is 13.1. The van der Waals surface area contributed by atoms with Gasteiger partial charge in [-0.3, -0.25) is 14.6 Å². The fraction of sp³-hybridized carbons (Fsp3) is 0.0455. The summed E-state index contributed by atoms with van der Waals surface area (Å²) in [7, 11) is -4.13. The first kappa shape index (κ1) is 22.4. The lowest BCUT2D eigenvalue weighted by Gasteiger charge is -2.12. The van der Waals surface area contributed by atoms with E-state index in [2.05, 4.69) is 25.2 Å². The van der Waals surface area contributed by atoms with Crippen LogP contribution in [0.1, 0.15) is 16.2 Å². The van der Waals surface area contributed by atoms with Gasteiger partial charge in [-0.05, 0) is 61.5 Å². The van der Waals surface area contributed by atoms with Crippen LogP contribution in [0.25, 0.3) is 11.4 Å². The Morgan fingerprint density at radius 2 is 1.79 bits per heavy atom. The number of aromatic amines is 1. The quantitative estimate of drug-likeness (QED) is 0.368. The summed E-state index contributed by atoms with van der Waals surface area (Å²) in [6.07, 6.45) is 0. The van der Waals surface area contributed by atoms with Crippen molar-refractivity contribution in [2.24, 2.45) is 0 Å². The lowest BCUT2D eigenvalue weighted by molar-refractivity contribution is 0.102. The Kier molecular flexibility index (Phi) is 6.12. The molecule has 0 fully saturated rings. The van der Waals surface area contributed by atoms with Gasteiger partial charge in [0.2, 0.25) is 0 Å². The molecule has 0 aliphatic heterocycles. The number of nitrogens with one attached hydrogen (secondary N) is 3. The number of carbonyl (C=O) groups is 1. The van der Waals surface area contributed by atoms with E-state index in [9.17, 15) is 17.6 Å². The van der Waals surface area contributed by atoms with Gasteiger partial charge in [0.15, 0.2) is 5.82 Å². The van der Waals surface area contributed by atoms with Crippen LogP contribution in [-0.4, -0.2) is 29.5 Å². The largest absolute Gasteiger partial charge is 0.322 e. The van der Waals surface area contributed by atoms with Crippen molar-refractivity contribution in [2.45, 2.75) is 11.8 Å². The lowest BCUT2D eigenvalue weighted by atomic mass is 10.1. The third-order valence-electron chi connectivity index (χ3n) is 4.56. The summed E-state index contributed by atoms with van der Waals surface area (Å²) in [5.74, 6) is 0.101. The topological polar surface area (TPSA) is 117 Å². The molecule has 33 heavy (non-hydrogen) atoms. The SMILES string of the molecule is Cc1nc(-c2cccc(NC(=O)c3ccc(Cl)c(S(=O)(=O)Nc4ccc(F)cc4)c3)c2)n[nH]1. The molecule has 0 unspecified atom stereocenters. The Labute approximate surface area is 193 Å². The number of aromatic nitrogens is 3. The minimum absolute atomic E-state index is 0.0665. The van der Waals surface area contributed by atoms with E-state index in [1.54, 1.807) is 31.2 Å². The van der Waals surface area contributed by atoms with Crippen LogP contribution < -0.4 is 10.0 Å². The molecule has 0 bridgehead atoms. The van der Waals surface area contributed by atoms with Crippen molar-refractivity contribution in [1.29, 1.82) is 0 Å². The molecule has 4 rings (SSSR count). The number of H-pyrrole nitrogens is 1. The molecule has 0 aliphatic rings. The van der Waals surface area contributed by atoms with Gasteiger partial charge in [0.1, 0.15) is 16.5 Å². The van der Waals surface area contributed by atoms with Crippen LogP contribution in [0.3, 0.4) is 0 Å². The number of rotatable bonds is 6. The average molecular weight is 486 g/mol. The van der Waals surface area contributed by atoms with Gasteiger partial charge in [0.05, 0.1) is 5.02 Å². The zero-order valence-electron chi connectivity index (χ0n) is 17.1. The Morgan fingerprint density at radius 3 is 2.48 bits per heavy atom. The van der Waals surface area contributed by atoms with E-state index < -0.39 is 21.7 Å². The summed E-state index contributed by atoms with van der Waals surface area (Å²) >= 11 is 6.10. The number of benzene rings is 3. The number of nitrogens with zero attached hydrogens (tertiary/aromatic N) is 2. The molecule has 0 spiro atoms. The van der Waals surface area contributed by atoms with Gasteiger partial charge in [-0.15, -0.1) is 0 Å². The van der Waals surface area contributed by atoms with E-state index in [1.807, 2.05) is 0 Å². The number of hydrogen-bond acceptors (Lipinski definition) is 5. The Bertz CT molecular complexity index is 1440. The number of amides is 1. The molecule has 3 aromatic carbocycles. The monoisotopic (exact) mass is 485 g/mol. The number of hydrogen-bond donors (Lipinski definition) is 3. The van der Waals surface area contributed by atoms with E-state index in [-0.39, 0.29) is 21.2 Å². The number of carbonyl (C=O) groups excluding carboxylic acids is 1. The van der Waals surface area contributed by atoms with E-state index in [1.165, 1.54) is 30.3 Å². The molecule has 0 radical (unpaired) electrons. The van der Waals surface area contributed by atoms with Gasteiger partial charge >= 0.3 is 0 Å². The standard InChI is InChI=1S/C22H17ClFN5O3S/c1-13-25-21(28-27-13)14-3-2-4-18(11-14)26-22(30)15-5-10-19(23)20(12-15)33(31,32)29-17-8-6-16(24)7-9-17/h2-12,29H,1H3,(H,26,30)(H,25,27,28). The van der Waals surface area contributed by atoms with Gasteiger partial charge in [0.25, 0.3) is 15.9 Å². The van der Waals surface area contributed by atoms with Crippen molar-refractivity contribution in [2.75, 3.05) is 10.0 Å². The van der Waals surface area contributed by atoms with Crippen LogP contribution in [0, 0.1) is 12.7 Å². The zero-order chi connectivity index (χ0) is 23.6. The molecular formula is C22H17ClFN5O3S. The summed E-state index contributed by atoms with van der Waals surface area (Å²) < 4.78 is 41.0. The molecule has 1 amide bonds. The molecule has 11 heteroatoms. The highest BCUT2D eigenvalue weighted by Gasteiger charge is 2.21. The lowest BCUT2D eigenvalue weighted by Crippen LogP contribution is -2.16. The molecule has 0 saturated heterocycles. The van der Waals surface area contributed by atoms with Crippen LogP contribution in [0.2, 0.25) is 5.02 Å². The molecule has 1 heterocycles. The highest BCUT2D eigenvalue weighted by atomic mass is 35.5. The zero-order valence-corrected chi connectivity index (χ0v) is 18.7. The van der Waals surface area contributed by atoms with Gasteiger partial charge in [0, 0.05) is 22.5 Å². The van der Waals surface area contributed by atoms with Crippen LogP contribution in [0.5, 0.6) is 0 Å². The third-order valence-corrected chi connectivity index (χ3v) is 6.42. The first-order valence-corrected chi connectivity index (χ1v) is 11.5. The predicted molar refractivity (Wildman–Crippen MR) is 123 cm³/mol. The van der Waals surface area contributed by atoms with Crippen LogP contribution in [-0.2, 0) is 10.0 Å². The molecule has 8 nitrogen and oxygen atoms in total. The van der Waals surface area contributed by atoms with Crippen LogP contribution in [0.4, 0.5) is 15.8 Å². The molecular weight excluding hydrogens is 469 g/mol. The normalized spacial score (nSPS) is 11.2. The summed E-state index contributed by atoms with van der Waals surface area (Å²) in [5, 5.41) is 9.51. The minimum Gasteiger partial charge on any atom is -0.322 e. The second-order valence-electron chi connectivity index (χ2n) is 7.04. The van der Waals surface area contributed by atoms with Crippen molar-refractivity contribution < 1.29 is 17.6 Å². The molecule has 4 aromatic rings. The fourth-order valence-corrected chi connectivity index (χ4v) is 4.58. The minimum atomic E-state index is -4.13. The number of sulfonamides is 1. The molecule has 0 aliphatic carbocycles. The van der Waals surface area contributed by atoms with Crippen molar-refractivity contribution in [1.82, 2.24) is 15.2 Å². The number of aryl methyl sites for hydroxylation is 1. The Balaban J connectivity index is 1.57. The van der Waals surface area contributed by atoms with Gasteiger partial charge < -0.3 is 5.32 Å². The van der Waals surface area contributed by atoms with E-state index in [0.717, 1.165) is 12.1 Å². The first-order valence-electron chi connectivity index (χ1n) is 9.60. The fourth-order valence-electron chi connectivity index (χ4n) is 2.99. The highest BCUT2D eigenvalue weighted by molar-refractivity contribution is 7.92.